The topological polar surface area (TPSA) is 75.2 Å². The van der Waals surface area contributed by atoms with Gasteiger partial charge in [-0.15, -0.1) is 21.5 Å². The highest BCUT2D eigenvalue weighted by molar-refractivity contribution is 7.13. The number of benzene rings is 1. The van der Waals surface area contributed by atoms with Crippen LogP contribution in [0.1, 0.15) is 48.9 Å². The highest BCUT2D eigenvalue weighted by atomic mass is 32.1. The lowest BCUT2D eigenvalue weighted by Gasteiger charge is -2.21. The van der Waals surface area contributed by atoms with Gasteiger partial charge in [0.05, 0.1) is 10.9 Å². The second-order valence-corrected chi connectivity index (χ2v) is 8.36. The maximum atomic E-state index is 12.7. The summed E-state index contributed by atoms with van der Waals surface area (Å²) < 4.78 is 0. The van der Waals surface area contributed by atoms with Crippen molar-refractivity contribution < 1.29 is 9.59 Å². The number of carbonyl (C=O) groups is 2. The van der Waals surface area contributed by atoms with Crippen molar-refractivity contribution in [2.45, 2.75) is 25.8 Å². The molecular weight excluding hydrogens is 380 g/mol. The molecule has 138 valence electrons. The first-order chi connectivity index (χ1) is 13.1. The summed E-state index contributed by atoms with van der Waals surface area (Å²) in [6.07, 6.45) is 1.76. The Balaban J connectivity index is 1.48. The second kappa shape index (κ2) is 7.58. The molecule has 1 N–H and O–H groups in total. The van der Waals surface area contributed by atoms with Crippen molar-refractivity contribution in [1.29, 1.82) is 0 Å². The first-order valence-corrected chi connectivity index (χ1v) is 10.4. The van der Waals surface area contributed by atoms with Crippen LogP contribution in [-0.4, -0.2) is 33.5 Å². The minimum absolute atomic E-state index is 0.0216. The van der Waals surface area contributed by atoms with Gasteiger partial charge in [0.1, 0.15) is 5.01 Å². The van der Waals surface area contributed by atoms with Crippen LogP contribution in [0.2, 0.25) is 0 Å². The van der Waals surface area contributed by atoms with Gasteiger partial charge in [0.15, 0.2) is 0 Å². The van der Waals surface area contributed by atoms with E-state index in [0.717, 1.165) is 29.0 Å². The maximum Gasteiger partial charge on any atom is 0.286 e. The normalized spacial score (nSPS) is 16.5. The number of anilines is 1. The second-order valence-electron chi connectivity index (χ2n) is 6.40. The molecule has 1 aliphatic heterocycles. The van der Waals surface area contributed by atoms with Crippen LogP contribution < -0.4 is 5.32 Å². The molecule has 0 radical (unpaired) electrons. The van der Waals surface area contributed by atoms with Crippen molar-refractivity contribution in [2.75, 3.05) is 11.9 Å². The molecule has 0 spiro atoms. The number of carbonyl (C=O) groups excluding carboxylic acids is 2. The fraction of sp³-hybridized carbons (Fsp3) is 0.263. The van der Waals surface area contributed by atoms with Gasteiger partial charge in [0.25, 0.3) is 11.8 Å². The van der Waals surface area contributed by atoms with Gasteiger partial charge in [-0.25, -0.2) is 0 Å². The van der Waals surface area contributed by atoms with Crippen molar-refractivity contribution >= 4 is 40.2 Å². The van der Waals surface area contributed by atoms with E-state index in [-0.39, 0.29) is 17.9 Å². The molecule has 6 nitrogen and oxygen atoms in total. The fourth-order valence-electron chi connectivity index (χ4n) is 3.09. The van der Waals surface area contributed by atoms with Crippen molar-refractivity contribution in [3.8, 4) is 0 Å². The van der Waals surface area contributed by atoms with E-state index in [1.165, 1.54) is 22.7 Å². The van der Waals surface area contributed by atoms with Crippen molar-refractivity contribution in [3.05, 3.63) is 62.2 Å². The molecule has 3 heterocycles. The fourth-order valence-corrected chi connectivity index (χ4v) is 4.66. The van der Waals surface area contributed by atoms with Gasteiger partial charge in [0, 0.05) is 12.2 Å². The Morgan fingerprint density at radius 3 is 2.74 bits per heavy atom. The molecule has 1 aromatic carbocycles. The monoisotopic (exact) mass is 398 g/mol. The summed E-state index contributed by atoms with van der Waals surface area (Å²) in [4.78, 5) is 27.7. The molecule has 2 amide bonds. The highest BCUT2D eigenvalue weighted by Crippen LogP contribution is 2.35. The van der Waals surface area contributed by atoms with Gasteiger partial charge in [-0.2, -0.15) is 0 Å². The summed E-state index contributed by atoms with van der Waals surface area (Å²) in [7, 11) is 0. The summed E-state index contributed by atoms with van der Waals surface area (Å²) in [5.74, 6) is -0.259. The smallest absolute Gasteiger partial charge is 0.286 e. The molecule has 27 heavy (non-hydrogen) atoms. The molecule has 1 saturated heterocycles. The predicted molar refractivity (Wildman–Crippen MR) is 106 cm³/mol. The van der Waals surface area contributed by atoms with Gasteiger partial charge < -0.3 is 10.2 Å². The Morgan fingerprint density at radius 1 is 1.19 bits per heavy atom. The van der Waals surface area contributed by atoms with Crippen LogP contribution >= 0.6 is 22.7 Å². The lowest BCUT2D eigenvalue weighted by Crippen LogP contribution is -2.29. The van der Waals surface area contributed by atoms with E-state index in [1.807, 2.05) is 53.6 Å². The standard InChI is InChI=1S/C19H18N4O2S2/c1-12-6-8-13(9-7-12)20-16(24)18-22-21-17(27-18)14-4-2-10-23(14)19(25)15-5-3-11-26-15/h3,5-9,11,14H,2,4,10H2,1H3,(H,20,24)/t14-/m0/s1. The van der Waals surface area contributed by atoms with Gasteiger partial charge >= 0.3 is 0 Å². The largest absolute Gasteiger partial charge is 0.328 e. The average molecular weight is 399 g/mol. The number of amides is 2. The van der Waals surface area contributed by atoms with E-state index < -0.39 is 0 Å². The van der Waals surface area contributed by atoms with E-state index in [1.54, 1.807) is 0 Å². The zero-order chi connectivity index (χ0) is 18.8. The van der Waals surface area contributed by atoms with Crippen LogP contribution in [0.25, 0.3) is 0 Å². The van der Waals surface area contributed by atoms with Gasteiger partial charge in [-0.1, -0.05) is 35.1 Å². The quantitative estimate of drug-likeness (QED) is 0.717. The highest BCUT2D eigenvalue weighted by Gasteiger charge is 2.34. The Labute approximate surface area is 164 Å². The van der Waals surface area contributed by atoms with E-state index in [4.69, 9.17) is 0 Å². The molecule has 0 bridgehead atoms. The number of nitrogens with one attached hydrogen (secondary N) is 1. The Kier molecular flexibility index (Phi) is 5.00. The molecule has 3 aromatic rings. The third kappa shape index (κ3) is 3.77. The first kappa shape index (κ1) is 17.8. The minimum atomic E-state index is -0.281. The van der Waals surface area contributed by atoms with Crippen LogP contribution in [0.4, 0.5) is 5.69 Å². The summed E-state index contributed by atoms with van der Waals surface area (Å²) in [5, 5.41) is 14.0. The van der Waals surface area contributed by atoms with Crippen molar-refractivity contribution in [2.24, 2.45) is 0 Å². The minimum Gasteiger partial charge on any atom is -0.328 e. The van der Waals surface area contributed by atoms with Crippen LogP contribution in [0.15, 0.2) is 41.8 Å². The zero-order valence-electron chi connectivity index (χ0n) is 14.7. The van der Waals surface area contributed by atoms with E-state index >= 15 is 0 Å². The molecule has 1 fully saturated rings. The van der Waals surface area contributed by atoms with Crippen LogP contribution in [0.3, 0.4) is 0 Å². The van der Waals surface area contributed by atoms with Gasteiger partial charge in [-0.3, -0.25) is 9.59 Å². The molecule has 8 heteroatoms. The van der Waals surface area contributed by atoms with Crippen molar-refractivity contribution in [1.82, 2.24) is 15.1 Å². The van der Waals surface area contributed by atoms with Crippen LogP contribution in [-0.2, 0) is 0 Å². The number of thiophene rings is 1. The third-order valence-corrected chi connectivity index (χ3v) is 6.36. The van der Waals surface area contributed by atoms with Crippen molar-refractivity contribution in [3.63, 3.8) is 0 Å². The molecule has 2 aromatic heterocycles. The van der Waals surface area contributed by atoms with Gasteiger partial charge in [0.2, 0.25) is 5.01 Å². The summed E-state index contributed by atoms with van der Waals surface area (Å²) in [6, 6.07) is 11.2. The lowest BCUT2D eigenvalue weighted by atomic mass is 10.2. The average Bonchev–Trinajstić information content (AvgIpc) is 3.42. The molecular formula is C19H18N4O2S2. The SMILES string of the molecule is Cc1ccc(NC(=O)c2nnc([C@@H]3CCCN3C(=O)c3cccs3)s2)cc1. The number of likely N-dealkylation sites (tertiary alicyclic amines) is 1. The van der Waals surface area contributed by atoms with Gasteiger partial charge in [-0.05, 0) is 43.3 Å². The Bertz CT molecular complexity index is 951. The van der Waals surface area contributed by atoms with E-state index in [2.05, 4.69) is 15.5 Å². The number of nitrogens with zero attached hydrogens (tertiary/aromatic N) is 3. The zero-order valence-corrected chi connectivity index (χ0v) is 16.3. The van der Waals surface area contributed by atoms with Crippen LogP contribution in [0.5, 0.6) is 0 Å². The number of rotatable bonds is 4. The number of hydrogen-bond donors (Lipinski definition) is 1. The third-order valence-electron chi connectivity index (χ3n) is 4.47. The summed E-state index contributed by atoms with van der Waals surface area (Å²) >= 11 is 2.69. The summed E-state index contributed by atoms with van der Waals surface area (Å²) in [5.41, 5.74) is 1.85. The van der Waals surface area contributed by atoms with E-state index in [9.17, 15) is 9.59 Å². The number of aromatic nitrogens is 2. The molecule has 1 aliphatic rings. The molecule has 0 saturated carbocycles. The van der Waals surface area contributed by atoms with Crippen LogP contribution in [0, 0.1) is 6.92 Å². The van der Waals surface area contributed by atoms with E-state index in [0.29, 0.717) is 16.6 Å². The summed E-state index contributed by atoms with van der Waals surface area (Å²) in [6.45, 7) is 2.69. The maximum absolute atomic E-state index is 12.7. The lowest BCUT2D eigenvalue weighted by molar-refractivity contribution is 0.0740. The molecule has 0 unspecified atom stereocenters. The number of hydrogen-bond acceptors (Lipinski definition) is 6. The Morgan fingerprint density at radius 2 is 2.00 bits per heavy atom. The first-order valence-electron chi connectivity index (χ1n) is 8.68. The molecule has 0 aliphatic carbocycles. The number of aryl methyl sites for hydroxylation is 1. The molecule has 4 rings (SSSR count). The Hall–Kier alpha value is -2.58. The predicted octanol–water partition coefficient (Wildman–Crippen LogP) is 4.14. The molecule has 1 atom stereocenters.